The Hall–Kier alpha value is -3.71. The first-order chi connectivity index (χ1) is 17.0. The second-order valence-electron chi connectivity index (χ2n) is 7.83. The minimum absolute atomic E-state index is 0.300. The highest BCUT2D eigenvalue weighted by atomic mass is 35.5. The number of rotatable bonds is 6. The van der Waals surface area contributed by atoms with Crippen molar-refractivity contribution in [2.75, 3.05) is 12.4 Å². The lowest BCUT2D eigenvalue weighted by Crippen LogP contribution is -2.41. The number of fused-ring (bicyclic) bond motifs is 1. The quantitative estimate of drug-likeness (QED) is 0.302. The van der Waals surface area contributed by atoms with Crippen LogP contribution >= 0.6 is 11.6 Å². The summed E-state index contributed by atoms with van der Waals surface area (Å²) in [5.41, 5.74) is 2.06. The van der Waals surface area contributed by atoms with Gasteiger partial charge in [0.05, 0.1) is 23.6 Å². The van der Waals surface area contributed by atoms with Gasteiger partial charge in [-0.05, 0) is 18.2 Å². The molecule has 13 heteroatoms. The normalized spacial score (nSPS) is 21.8. The van der Waals surface area contributed by atoms with E-state index < -0.39 is 30.4 Å². The number of pyridine rings is 2. The van der Waals surface area contributed by atoms with Crippen LogP contribution in [0.4, 0.5) is 5.82 Å². The van der Waals surface area contributed by atoms with Crippen molar-refractivity contribution in [3.05, 3.63) is 59.9 Å². The Morgan fingerprint density at radius 2 is 2.06 bits per heavy atom. The molecule has 1 aliphatic heterocycles. The molecule has 0 aromatic carbocycles. The van der Waals surface area contributed by atoms with Crippen molar-refractivity contribution in [3.8, 4) is 11.4 Å². The predicted octanol–water partition coefficient (Wildman–Crippen LogP) is 0.914. The summed E-state index contributed by atoms with van der Waals surface area (Å²) in [6.07, 6.45) is 0.983. The van der Waals surface area contributed by atoms with E-state index in [9.17, 15) is 15.0 Å². The van der Waals surface area contributed by atoms with Gasteiger partial charge in [0, 0.05) is 31.2 Å². The summed E-state index contributed by atoms with van der Waals surface area (Å²) in [5, 5.41) is 27.1. The molecule has 35 heavy (non-hydrogen) atoms. The number of nitrogens with one attached hydrogen (secondary N) is 2. The zero-order valence-electron chi connectivity index (χ0n) is 18.4. The maximum atomic E-state index is 12.1. The number of aliphatic hydroxyl groups is 2. The fourth-order valence-corrected chi connectivity index (χ4v) is 3.99. The van der Waals surface area contributed by atoms with E-state index in [2.05, 4.69) is 35.6 Å². The largest absolute Gasteiger partial charge is 0.387 e. The van der Waals surface area contributed by atoms with Gasteiger partial charge in [-0.15, -0.1) is 0 Å². The molecular weight excluding hydrogens is 476 g/mol. The minimum atomic E-state index is -1.43. The number of aromatic nitrogens is 6. The number of amides is 1. The molecule has 5 rings (SSSR count). The van der Waals surface area contributed by atoms with Gasteiger partial charge in [0.15, 0.2) is 35.1 Å². The molecule has 5 heterocycles. The van der Waals surface area contributed by atoms with Gasteiger partial charge >= 0.3 is 0 Å². The van der Waals surface area contributed by atoms with Crippen molar-refractivity contribution in [2.24, 2.45) is 0 Å². The lowest BCUT2D eigenvalue weighted by atomic mass is 10.1. The molecule has 1 fully saturated rings. The molecule has 180 valence electrons. The van der Waals surface area contributed by atoms with E-state index in [4.69, 9.17) is 16.3 Å². The van der Waals surface area contributed by atoms with E-state index in [-0.39, 0.29) is 0 Å². The molecule has 0 unspecified atom stereocenters. The van der Waals surface area contributed by atoms with Crippen LogP contribution in [0.2, 0.25) is 5.02 Å². The Bertz CT molecular complexity index is 1370. The molecule has 12 nitrogen and oxygen atoms in total. The maximum Gasteiger partial charge on any atom is 0.251 e. The summed E-state index contributed by atoms with van der Waals surface area (Å²) >= 11 is 6.12. The second-order valence-corrected chi connectivity index (χ2v) is 8.27. The number of likely N-dealkylation sites (N-methyl/N-ethyl adjacent to an activating group) is 1. The summed E-state index contributed by atoms with van der Waals surface area (Å²) in [7, 11) is 1.42. The summed E-state index contributed by atoms with van der Waals surface area (Å²) in [5.74, 6) is 0.153. The van der Waals surface area contributed by atoms with Gasteiger partial charge in [0.1, 0.15) is 12.2 Å². The number of hydrogen-bond acceptors (Lipinski definition) is 10. The number of halogens is 1. The molecule has 4 N–H and O–H groups in total. The Kier molecular flexibility index (Phi) is 6.26. The molecule has 1 amide bonds. The van der Waals surface area contributed by atoms with Crippen molar-refractivity contribution in [3.63, 3.8) is 0 Å². The Labute approximate surface area is 204 Å². The zero-order chi connectivity index (χ0) is 24.5. The molecule has 0 spiro atoms. The summed E-state index contributed by atoms with van der Waals surface area (Å²) < 4.78 is 7.17. The average molecular weight is 497 g/mol. The van der Waals surface area contributed by atoms with Gasteiger partial charge < -0.3 is 25.6 Å². The van der Waals surface area contributed by atoms with Gasteiger partial charge in [-0.3, -0.25) is 19.3 Å². The van der Waals surface area contributed by atoms with Crippen LogP contribution in [-0.2, 0) is 16.1 Å². The molecule has 4 aromatic rings. The van der Waals surface area contributed by atoms with Crippen LogP contribution in [0.15, 0.2) is 49.2 Å². The van der Waals surface area contributed by atoms with E-state index >= 15 is 0 Å². The molecule has 0 aliphatic carbocycles. The number of nitrogens with zero attached hydrogens (tertiary/aromatic N) is 6. The average Bonchev–Trinajstić information content (AvgIpc) is 3.43. The highest BCUT2D eigenvalue weighted by Gasteiger charge is 2.47. The van der Waals surface area contributed by atoms with Crippen LogP contribution in [0.25, 0.3) is 22.6 Å². The minimum Gasteiger partial charge on any atom is -0.387 e. The predicted molar refractivity (Wildman–Crippen MR) is 125 cm³/mol. The van der Waals surface area contributed by atoms with Crippen LogP contribution in [0.5, 0.6) is 0 Å². The highest BCUT2D eigenvalue weighted by Crippen LogP contribution is 2.33. The maximum absolute atomic E-state index is 12.1. The van der Waals surface area contributed by atoms with Crippen LogP contribution in [-0.4, -0.2) is 71.0 Å². The summed E-state index contributed by atoms with van der Waals surface area (Å²) in [6, 6.07) is 7.25. The Morgan fingerprint density at radius 3 is 2.80 bits per heavy atom. The van der Waals surface area contributed by atoms with Crippen LogP contribution in [0.1, 0.15) is 11.9 Å². The van der Waals surface area contributed by atoms with E-state index in [0.29, 0.717) is 39.9 Å². The van der Waals surface area contributed by atoms with Crippen molar-refractivity contribution in [1.29, 1.82) is 0 Å². The van der Waals surface area contributed by atoms with Gasteiger partial charge in [-0.2, -0.15) is 0 Å². The first-order valence-corrected chi connectivity index (χ1v) is 11.1. The third kappa shape index (κ3) is 4.39. The van der Waals surface area contributed by atoms with Crippen LogP contribution < -0.4 is 10.6 Å². The van der Waals surface area contributed by atoms with Gasteiger partial charge in [-0.25, -0.2) is 15.0 Å². The van der Waals surface area contributed by atoms with Crippen LogP contribution in [0.3, 0.4) is 0 Å². The van der Waals surface area contributed by atoms with E-state index in [0.717, 1.165) is 5.69 Å². The van der Waals surface area contributed by atoms with Gasteiger partial charge in [0.2, 0.25) is 0 Å². The fraction of sp³-hybridized carbons (Fsp3) is 0.273. The number of carbonyl (C=O) groups excluding carboxylic acids is 1. The van der Waals surface area contributed by atoms with Crippen molar-refractivity contribution in [1.82, 2.24) is 34.8 Å². The molecule has 4 aromatic heterocycles. The summed E-state index contributed by atoms with van der Waals surface area (Å²) in [4.78, 5) is 34.2. The van der Waals surface area contributed by atoms with Crippen molar-refractivity contribution < 1.29 is 19.7 Å². The third-order valence-electron chi connectivity index (χ3n) is 5.56. The number of ether oxygens (including phenoxy) is 1. The first-order valence-electron chi connectivity index (χ1n) is 10.7. The molecule has 1 saturated heterocycles. The topological polar surface area (TPSA) is 160 Å². The molecule has 4 atom stereocenters. The second kappa shape index (κ2) is 9.50. The first kappa shape index (κ1) is 23.1. The number of anilines is 1. The van der Waals surface area contributed by atoms with Crippen molar-refractivity contribution in [2.45, 2.75) is 31.1 Å². The molecule has 0 saturated carbocycles. The van der Waals surface area contributed by atoms with Gasteiger partial charge in [-0.1, -0.05) is 17.7 Å². The number of hydrogen-bond donors (Lipinski definition) is 4. The smallest absolute Gasteiger partial charge is 0.251 e. The lowest BCUT2D eigenvalue weighted by molar-refractivity contribution is -0.137. The van der Waals surface area contributed by atoms with Crippen molar-refractivity contribution >= 4 is 34.5 Å². The SMILES string of the molecule is CNC(=O)[C@H]1O[C@H](n2cnc3c(NCc4ccccn4)nc(-c4cncc(Cl)c4)nc32)[C@H](O)[C@@H]1O. The number of imidazole rings is 1. The van der Waals surface area contributed by atoms with Gasteiger partial charge in [0.25, 0.3) is 5.91 Å². The standard InChI is InChI=1S/C22H21ClN8O4/c1-24-21(34)17-15(32)16(33)22(35-17)31-10-28-14-19(27-9-13-4-2-3-5-26-13)29-18(30-20(14)31)11-6-12(23)8-25-7-11/h2-8,10,15-17,22,32-33H,9H2,1H3,(H,24,34)(H,27,29,30)/t15-,16+,17-,22-/m0/s1. The monoisotopic (exact) mass is 496 g/mol. The Balaban J connectivity index is 1.58. The van der Waals surface area contributed by atoms with Crippen LogP contribution in [0, 0.1) is 0 Å². The molecule has 1 aliphatic rings. The third-order valence-corrected chi connectivity index (χ3v) is 5.77. The number of carbonyl (C=O) groups is 1. The lowest BCUT2D eigenvalue weighted by Gasteiger charge is -2.17. The van der Waals surface area contributed by atoms with E-state index in [1.165, 1.54) is 24.1 Å². The van der Waals surface area contributed by atoms with E-state index in [1.807, 2.05) is 18.2 Å². The molecule has 0 bridgehead atoms. The zero-order valence-corrected chi connectivity index (χ0v) is 19.2. The Morgan fingerprint density at radius 1 is 1.20 bits per heavy atom. The molecular formula is C22H21ClN8O4. The number of aliphatic hydroxyl groups excluding tert-OH is 2. The molecule has 0 radical (unpaired) electrons. The summed E-state index contributed by atoms with van der Waals surface area (Å²) in [6.45, 7) is 0.368. The van der Waals surface area contributed by atoms with E-state index in [1.54, 1.807) is 18.5 Å². The highest BCUT2D eigenvalue weighted by molar-refractivity contribution is 6.30. The fourth-order valence-electron chi connectivity index (χ4n) is 3.81.